The van der Waals surface area contributed by atoms with Crippen molar-refractivity contribution < 1.29 is 14.3 Å². The number of ether oxygens (including phenoxy) is 2. The highest BCUT2D eigenvalue weighted by atomic mass is 16.5. The first-order chi connectivity index (χ1) is 12.9. The van der Waals surface area contributed by atoms with Gasteiger partial charge in [0, 0.05) is 19.2 Å². The molecule has 1 atom stereocenters. The summed E-state index contributed by atoms with van der Waals surface area (Å²) in [5.74, 6) is 1.69. The van der Waals surface area contributed by atoms with Gasteiger partial charge in [-0.05, 0) is 49.9 Å². The molecule has 1 aromatic carbocycles. The van der Waals surface area contributed by atoms with Gasteiger partial charge in [0.05, 0.1) is 25.5 Å². The number of carbonyl (C=O) groups excluding carboxylic acids is 1. The second-order valence-corrected chi connectivity index (χ2v) is 6.89. The van der Waals surface area contributed by atoms with Gasteiger partial charge in [0.1, 0.15) is 0 Å². The van der Waals surface area contributed by atoms with Gasteiger partial charge in [-0.1, -0.05) is 19.9 Å². The van der Waals surface area contributed by atoms with Crippen LogP contribution in [0.25, 0.3) is 0 Å². The second-order valence-electron chi connectivity index (χ2n) is 6.89. The van der Waals surface area contributed by atoms with Gasteiger partial charge < -0.3 is 14.8 Å². The third kappa shape index (κ3) is 6.01. The normalized spacial score (nSPS) is 12.1. The topological polar surface area (TPSA) is 65.4 Å². The van der Waals surface area contributed by atoms with E-state index >= 15 is 0 Å². The standard InChI is InChI=1S/C21H31N3O3/c1-6-26-18-9-8-17(12-19(18)27-7-2)21(15(3)4)23-20(25)10-11-24-14-16(5)13-22-24/h8-9,12-15,21H,6-7,10-11H2,1-5H3,(H,23,25). The highest BCUT2D eigenvalue weighted by molar-refractivity contribution is 5.76. The van der Waals surface area contributed by atoms with E-state index in [-0.39, 0.29) is 17.9 Å². The lowest BCUT2D eigenvalue weighted by Gasteiger charge is -2.24. The molecule has 1 N–H and O–H groups in total. The van der Waals surface area contributed by atoms with Crippen molar-refractivity contribution >= 4 is 5.91 Å². The molecule has 1 aromatic heterocycles. The lowest BCUT2D eigenvalue weighted by Crippen LogP contribution is -2.32. The maximum absolute atomic E-state index is 12.5. The van der Waals surface area contributed by atoms with E-state index in [2.05, 4.69) is 24.3 Å². The van der Waals surface area contributed by atoms with Crippen molar-refractivity contribution in [2.45, 2.75) is 53.6 Å². The van der Waals surface area contributed by atoms with E-state index in [4.69, 9.17) is 9.47 Å². The Morgan fingerprint density at radius 3 is 2.48 bits per heavy atom. The minimum atomic E-state index is -0.0910. The van der Waals surface area contributed by atoms with Crippen LogP contribution in [0.4, 0.5) is 0 Å². The molecule has 0 radical (unpaired) electrons. The van der Waals surface area contributed by atoms with E-state index < -0.39 is 0 Å². The summed E-state index contributed by atoms with van der Waals surface area (Å²) < 4.78 is 13.2. The first kappa shape index (κ1) is 20.8. The summed E-state index contributed by atoms with van der Waals surface area (Å²) in [4.78, 5) is 12.5. The SMILES string of the molecule is CCOc1ccc(C(NC(=O)CCn2cc(C)cn2)C(C)C)cc1OCC. The van der Waals surface area contributed by atoms with Crippen molar-refractivity contribution in [2.24, 2.45) is 5.92 Å². The molecule has 2 rings (SSSR count). The predicted molar refractivity (Wildman–Crippen MR) is 106 cm³/mol. The molecular formula is C21H31N3O3. The molecule has 6 nitrogen and oxygen atoms in total. The summed E-state index contributed by atoms with van der Waals surface area (Å²) in [5, 5.41) is 7.38. The Balaban J connectivity index is 2.09. The van der Waals surface area contributed by atoms with Crippen molar-refractivity contribution in [2.75, 3.05) is 13.2 Å². The zero-order valence-corrected chi connectivity index (χ0v) is 17.0. The number of hydrogen-bond donors (Lipinski definition) is 1. The monoisotopic (exact) mass is 373 g/mol. The molecule has 0 aliphatic carbocycles. The number of amides is 1. The number of benzene rings is 1. The molecule has 1 heterocycles. The van der Waals surface area contributed by atoms with E-state index in [1.807, 2.05) is 45.2 Å². The van der Waals surface area contributed by atoms with Crippen LogP contribution in [0, 0.1) is 12.8 Å². The highest BCUT2D eigenvalue weighted by Crippen LogP contribution is 2.33. The van der Waals surface area contributed by atoms with E-state index in [0.717, 1.165) is 16.9 Å². The van der Waals surface area contributed by atoms with Crippen molar-refractivity contribution in [3.05, 3.63) is 41.7 Å². The number of nitrogens with one attached hydrogen (secondary N) is 1. The van der Waals surface area contributed by atoms with Gasteiger partial charge in [-0.15, -0.1) is 0 Å². The third-order valence-corrected chi connectivity index (χ3v) is 4.24. The second kappa shape index (κ2) is 10.00. The number of aromatic nitrogens is 2. The molecule has 0 bridgehead atoms. The number of hydrogen-bond acceptors (Lipinski definition) is 4. The van der Waals surface area contributed by atoms with Crippen molar-refractivity contribution in [3.63, 3.8) is 0 Å². The molecule has 0 saturated carbocycles. The molecule has 148 valence electrons. The van der Waals surface area contributed by atoms with Crippen LogP contribution in [0.3, 0.4) is 0 Å². The molecule has 1 unspecified atom stereocenters. The van der Waals surface area contributed by atoms with Gasteiger partial charge in [0.25, 0.3) is 0 Å². The fourth-order valence-corrected chi connectivity index (χ4v) is 2.95. The molecule has 0 saturated heterocycles. The zero-order chi connectivity index (χ0) is 19.8. The molecule has 0 aliphatic rings. The molecule has 2 aromatic rings. The minimum absolute atomic E-state index is 0.00805. The highest BCUT2D eigenvalue weighted by Gasteiger charge is 2.20. The van der Waals surface area contributed by atoms with Gasteiger partial charge in [0.2, 0.25) is 5.91 Å². The van der Waals surface area contributed by atoms with E-state index in [9.17, 15) is 4.79 Å². The summed E-state index contributed by atoms with van der Waals surface area (Å²) in [5.41, 5.74) is 2.11. The molecule has 0 spiro atoms. The number of carbonyl (C=O) groups is 1. The van der Waals surface area contributed by atoms with Crippen LogP contribution in [0.2, 0.25) is 0 Å². The molecular weight excluding hydrogens is 342 g/mol. The Hall–Kier alpha value is -2.50. The van der Waals surface area contributed by atoms with Crippen LogP contribution in [0.5, 0.6) is 11.5 Å². The van der Waals surface area contributed by atoms with E-state index in [1.54, 1.807) is 10.9 Å². The van der Waals surface area contributed by atoms with Crippen molar-refractivity contribution in [1.82, 2.24) is 15.1 Å². The maximum Gasteiger partial charge on any atom is 0.222 e. The van der Waals surface area contributed by atoms with Crippen LogP contribution >= 0.6 is 0 Å². The Morgan fingerprint density at radius 1 is 1.19 bits per heavy atom. The zero-order valence-electron chi connectivity index (χ0n) is 17.0. The van der Waals surface area contributed by atoms with E-state index in [0.29, 0.717) is 31.9 Å². The van der Waals surface area contributed by atoms with Crippen LogP contribution < -0.4 is 14.8 Å². The Morgan fingerprint density at radius 2 is 1.89 bits per heavy atom. The minimum Gasteiger partial charge on any atom is -0.490 e. The fourth-order valence-electron chi connectivity index (χ4n) is 2.95. The van der Waals surface area contributed by atoms with Gasteiger partial charge in [-0.2, -0.15) is 5.10 Å². The Kier molecular flexibility index (Phi) is 7.70. The Labute approximate surface area is 161 Å². The lowest BCUT2D eigenvalue weighted by molar-refractivity contribution is -0.122. The molecule has 0 fully saturated rings. The van der Waals surface area contributed by atoms with Gasteiger partial charge in [0.15, 0.2) is 11.5 Å². The third-order valence-electron chi connectivity index (χ3n) is 4.24. The maximum atomic E-state index is 12.5. The predicted octanol–water partition coefficient (Wildman–Crippen LogP) is 3.89. The summed E-state index contributed by atoms with van der Waals surface area (Å²) in [6.07, 6.45) is 4.12. The number of nitrogens with zero attached hydrogens (tertiary/aromatic N) is 2. The fraction of sp³-hybridized carbons (Fsp3) is 0.524. The van der Waals surface area contributed by atoms with Crippen LogP contribution in [-0.4, -0.2) is 28.9 Å². The lowest BCUT2D eigenvalue weighted by atomic mass is 9.95. The molecule has 1 amide bonds. The first-order valence-electron chi connectivity index (χ1n) is 9.62. The average molecular weight is 373 g/mol. The van der Waals surface area contributed by atoms with Crippen molar-refractivity contribution in [3.8, 4) is 11.5 Å². The van der Waals surface area contributed by atoms with Gasteiger partial charge in [-0.25, -0.2) is 0 Å². The van der Waals surface area contributed by atoms with Crippen molar-refractivity contribution in [1.29, 1.82) is 0 Å². The van der Waals surface area contributed by atoms with Crippen LogP contribution in [0.15, 0.2) is 30.6 Å². The smallest absolute Gasteiger partial charge is 0.222 e. The molecule has 6 heteroatoms. The summed E-state index contributed by atoms with van der Waals surface area (Å²) in [7, 11) is 0. The van der Waals surface area contributed by atoms with Crippen LogP contribution in [0.1, 0.15) is 51.3 Å². The summed E-state index contributed by atoms with van der Waals surface area (Å²) in [6.45, 7) is 11.8. The van der Waals surface area contributed by atoms with Crippen LogP contribution in [-0.2, 0) is 11.3 Å². The molecule has 27 heavy (non-hydrogen) atoms. The van der Waals surface area contributed by atoms with Gasteiger partial charge >= 0.3 is 0 Å². The summed E-state index contributed by atoms with van der Waals surface area (Å²) in [6, 6.07) is 5.79. The first-order valence-corrected chi connectivity index (χ1v) is 9.62. The Bertz CT molecular complexity index is 740. The number of aryl methyl sites for hydroxylation is 2. The summed E-state index contributed by atoms with van der Waals surface area (Å²) >= 11 is 0. The van der Waals surface area contributed by atoms with Gasteiger partial charge in [-0.3, -0.25) is 9.48 Å². The molecule has 0 aliphatic heterocycles. The quantitative estimate of drug-likeness (QED) is 0.686. The number of rotatable bonds is 10. The average Bonchev–Trinajstić information content (AvgIpc) is 3.05. The largest absolute Gasteiger partial charge is 0.490 e. The van der Waals surface area contributed by atoms with E-state index in [1.165, 1.54) is 0 Å².